The van der Waals surface area contributed by atoms with Gasteiger partial charge in [-0.2, -0.15) is 0 Å². The lowest BCUT2D eigenvalue weighted by molar-refractivity contribution is 0.947. The van der Waals surface area contributed by atoms with Crippen LogP contribution in [0.3, 0.4) is 0 Å². The SMILES string of the molecule is CCCC1=CC=C[P]1. The Labute approximate surface area is 52.5 Å². The van der Waals surface area contributed by atoms with Gasteiger partial charge in [0.15, 0.2) is 0 Å². The van der Waals surface area contributed by atoms with E-state index in [9.17, 15) is 0 Å². The van der Waals surface area contributed by atoms with Gasteiger partial charge in [0.1, 0.15) is 0 Å². The van der Waals surface area contributed by atoms with Gasteiger partial charge < -0.3 is 0 Å². The molecule has 0 unspecified atom stereocenters. The van der Waals surface area contributed by atoms with Crippen molar-refractivity contribution in [3.05, 3.63) is 23.3 Å². The lowest BCUT2D eigenvalue weighted by Gasteiger charge is -1.92. The van der Waals surface area contributed by atoms with Crippen molar-refractivity contribution >= 4 is 8.58 Å². The molecule has 0 aromatic rings. The van der Waals surface area contributed by atoms with Crippen molar-refractivity contribution in [3.8, 4) is 0 Å². The molecule has 0 atom stereocenters. The fourth-order valence-electron chi connectivity index (χ4n) is 0.740. The van der Waals surface area contributed by atoms with Gasteiger partial charge in [-0.15, -0.1) is 0 Å². The van der Waals surface area contributed by atoms with E-state index in [1.165, 1.54) is 21.4 Å². The lowest BCUT2D eigenvalue weighted by Crippen LogP contribution is -1.66. The van der Waals surface area contributed by atoms with E-state index >= 15 is 0 Å². The fraction of sp³-hybridized carbons (Fsp3) is 0.429. The molecule has 0 amide bonds. The first-order chi connectivity index (χ1) is 3.93. The monoisotopic (exact) mass is 125 g/mol. The molecule has 0 fully saturated rings. The summed E-state index contributed by atoms with van der Waals surface area (Å²) in [7, 11) is 1.42. The van der Waals surface area contributed by atoms with Crippen LogP contribution < -0.4 is 0 Å². The minimum Gasteiger partial charge on any atom is -0.0651 e. The van der Waals surface area contributed by atoms with Crippen LogP contribution >= 0.6 is 8.58 Å². The highest BCUT2D eigenvalue weighted by molar-refractivity contribution is 7.46. The molecule has 0 aliphatic carbocycles. The maximum atomic E-state index is 2.22. The third kappa shape index (κ3) is 1.45. The van der Waals surface area contributed by atoms with E-state index in [0.717, 1.165) is 0 Å². The molecule has 1 heterocycles. The Hall–Kier alpha value is -0.0900. The summed E-state index contributed by atoms with van der Waals surface area (Å²) in [5.74, 6) is 2.19. The van der Waals surface area contributed by atoms with Crippen molar-refractivity contribution in [2.75, 3.05) is 0 Å². The van der Waals surface area contributed by atoms with Crippen LogP contribution in [0.4, 0.5) is 0 Å². The molecule has 1 rings (SSSR count). The van der Waals surface area contributed by atoms with E-state index in [-0.39, 0.29) is 0 Å². The molecule has 0 N–H and O–H groups in total. The minimum atomic E-state index is 1.27. The van der Waals surface area contributed by atoms with Crippen LogP contribution in [-0.4, -0.2) is 0 Å². The molecular weight excluding hydrogens is 115 g/mol. The van der Waals surface area contributed by atoms with Crippen molar-refractivity contribution in [3.63, 3.8) is 0 Å². The first kappa shape index (κ1) is 6.04. The van der Waals surface area contributed by atoms with Crippen molar-refractivity contribution in [1.29, 1.82) is 0 Å². The third-order valence-corrected chi connectivity index (χ3v) is 2.15. The first-order valence-electron chi connectivity index (χ1n) is 3.00. The van der Waals surface area contributed by atoms with Crippen molar-refractivity contribution in [2.45, 2.75) is 19.8 Å². The summed E-state index contributed by atoms with van der Waals surface area (Å²) in [4.78, 5) is 0. The van der Waals surface area contributed by atoms with Gasteiger partial charge in [0.05, 0.1) is 0 Å². The van der Waals surface area contributed by atoms with Gasteiger partial charge in [-0.3, -0.25) is 0 Å². The molecule has 1 aliphatic rings. The van der Waals surface area contributed by atoms with E-state index in [1.54, 1.807) is 5.31 Å². The van der Waals surface area contributed by atoms with Crippen LogP contribution in [0.2, 0.25) is 0 Å². The Morgan fingerprint density at radius 3 is 3.00 bits per heavy atom. The van der Waals surface area contributed by atoms with Gasteiger partial charge in [0, 0.05) is 0 Å². The predicted octanol–water partition coefficient (Wildman–Crippen LogP) is 3.14. The largest absolute Gasteiger partial charge is 0.0651 e. The number of allylic oxidation sites excluding steroid dienone is 3. The number of hydrogen-bond donors (Lipinski definition) is 0. The second-order valence-corrected chi connectivity index (χ2v) is 3.01. The van der Waals surface area contributed by atoms with Crippen LogP contribution in [0.5, 0.6) is 0 Å². The summed E-state index contributed by atoms with van der Waals surface area (Å²) in [6.45, 7) is 2.22. The smallest absolute Gasteiger partial charge is 0.0225 e. The highest BCUT2D eigenvalue weighted by atomic mass is 31.1. The maximum Gasteiger partial charge on any atom is -0.0225 e. The van der Waals surface area contributed by atoms with Crippen molar-refractivity contribution < 1.29 is 0 Å². The molecule has 0 aromatic heterocycles. The number of rotatable bonds is 2. The Morgan fingerprint density at radius 1 is 1.62 bits per heavy atom. The molecular formula is C7H10P. The Morgan fingerprint density at radius 2 is 2.50 bits per heavy atom. The zero-order valence-electron chi connectivity index (χ0n) is 5.09. The summed E-state index contributed by atoms with van der Waals surface area (Å²) in [6, 6.07) is 0. The van der Waals surface area contributed by atoms with E-state index in [0.29, 0.717) is 0 Å². The molecule has 8 heavy (non-hydrogen) atoms. The van der Waals surface area contributed by atoms with Gasteiger partial charge in [-0.1, -0.05) is 31.3 Å². The topological polar surface area (TPSA) is 0 Å². The zero-order valence-corrected chi connectivity index (χ0v) is 5.99. The summed E-state index contributed by atoms with van der Waals surface area (Å²) in [6.07, 6.45) is 6.90. The second kappa shape index (κ2) is 3.04. The predicted molar refractivity (Wildman–Crippen MR) is 39.1 cm³/mol. The molecule has 0 aromatic carbocycles. The van der Waals surface area contributed by atoms with Gasteiger partial charge in [0.2, 0.25) is 0 Å². The molecule has 1 radical (unpaired) electrons. The summed E-state index contributed by atoms with van der Waals surface area (Å²) in [5.41, 5.74) is 0. The fourth-order valence-corrected chi connectivity index (χ4v) is 1.63. The molecule has 1 aliphatic heterocycles. The minimum absolute atomic E-state index is 1.27. The third-order valence-electron chi connectivity index (χ3n) is 1.12. The van der Waals surface area contributed by atoms with Gasteiger partial charge >= 0.3 is 0 Å². The molecule has 0 saturated heterocycles. The summed E-state index contributed by atoms with van der Waals surface area (Å²) >= 11 is 0. The normalized spacial score (nSPS) is 19.9. The van der Waals surface area contributed by atoms with Crippen LogP contribution in [-0.2, 0) is 0 Å². The average molecular weight is 125 g/mol. The van der Waals surface area contributed by atoms with E-state index in [4.69, 9.17) is 0 Å². The Balaban J connectivity index is 2.28. The summed E-state index contributed by atoms with van der Waals surface area (Å²) in [5, 5.41) is 1.56. The van der Waals surface area contributed by atoms with Gasteiger partial charge in [-0.25, -0.2) is 0 Å². The highest BCUT2D eigenvalue weighted by Crippen LogP contribution is 2.33. The maximum absolute atomic E-state index is 2.22. The standard InChI is InChI=1S/C7H10P/c1-2-4-7-5-3-6-8-7/h3,5-6H,2,4H2,1H3. The molecule has 0 saturated carbocycles. The van der Waals surface area contributed by atoms with Crippen LogP contribution in [0.15, 0.2) is 23.3 Å². The highest BCUT2D eigenvalue weighted by Gasteiger charge is 1.95. The van der Waals surface area contributed by atoms with E-state index in [1.807, 2.05) is 0 Å². The quantitative estimate of drug-likeness (QED) is 0.497. The Kier molecular flexibility index (Phi) is 2.29. The molecule has 43 valence electrons. The van der Waals surface area contributed by atoms with E-state index in [2.05, 4.69) is 24.9 Å². The van der Waals surface area contributed by atoms with Crippen LogP contribution in [0.25, 0.3) is 0 Å². The van der Waals surface area contributed by atoms with Crippen molar-refractivity contribution in [2.24, 2.45) is 0 Å². The van der Waals surface area contributed by atoms with Crippen LogP contribution in [0, 0.1) is 0 Å². The Bertz CT molecular complexity index is 122. The van der Waals surface area contributed by atoms with Gasteiger partial charge in [0.25, 0.3) is 0 Å². The molecule has 0 spiro atoms. The van der Waals surface area contributed by atoms with E-state index < -0.39 is 0 Å². The van der Waals surface area contributed by atoms with Crippen LogP contribution in [0.1, 0.15) is 19.8 Å². The average Bonchev–Trinajstić information content (AvgIpc) is 2.19. The van der Waals surface area contributed by atoms with Gasteiger partial charge in [-0.05, 0) is 20.3 Å². The molecule has 0 nitrogen and oxygen atoms in total. The lowest BCUT2D eigenvalue weighted by atomic mass is 10.3. The second-order valence-electron chi connectivity index (χ2n) is 1.88. The molecule has 0 bridgehead atoms. The molecule has 1 heteroatoms. The summed E-state index contributed by atoms with van der Waals surface area (Å²) < 4.78 is 0. The van der Waals surface area contributed by atoms with Crippen molar-refractivity contribution in [1.82, 2.24) is 0 Å². The number of hydrogen-bond acceptors (Lipinski definition) is 0. The zero-order chi connectivity index (χ0) is 5.82. The first-order valence-corrected chi connectivity index (χ1v) is 3.96.